The molecule has 0 saturated heterocycles. The van der Waals surface area contributed by atoms with Crippen LogP contribution in [0, 0.1) is 0 Å². The van der Waals surface area contributed by atoms with Crippen molar-refractivity contribution < 1.29 is 23.9 Å². The third kappa shape index (κ3) is 6.66. The number of esters is 1. The second-order valence-corrected chi connectivity index (χ2v) is 7.35. The molecule has 0 heterocycles. The van der Waals surface area contributed by atoms with Crippen molar-refractivity contribution in [1.29, 1.82) is 0 Å². The van der Waals surface area contributed by atoms with E-state index in [0.717, 1.165) is 0 Å². The molecule has 0 aromatic heterocycles. The molecule has 2 N–H and O–H groups in total. The minimum atomic E-state index is -0.918. The summed E-state index contributed by atoms with van der Waals surface area (Å²) in [6.45, 7) is 4.06. The lowest BCUT2D eigenvalue weighted by Gasteiger charge is -2.08. The van der Waals surface area contributed by atoms with Gasteiger partial charge in [0.25, 0.3) is 0 Å². The van der Waals surface area contributed by atoms with E-state index >= 15 is 0 Å². The number of hydrogen-bond acceptors (Lipinski definition) is 6. The average molecular weight is 480 g/mol. The van der Waals surface area contributed by atoms with Gasteiger partial charge in [0.15, 0.2) is 0 Å². The molecule has 0 bridgehead atoms. The summed E-state index contributed by atoms with van der Waals surface area (Å²) in [5.41, 5.74) is 4.04. The fraction of sp³-hybridized carbons (Fsp3) is 0.120. The number of anilines is 1. The molecule has 9 heteroatoms. The fourth-order valence-electron chi connectivity index (χ4n) is 2.79. The molecule has 3 rings (SSSR count). The lowest BCUT2D eigenvalue weighted by atomic mass is 10.1. The third-order valence-corrected chi connectivity index (χ3v) is 4.86. The second-order valence-electron chi connectivity index (χ2n) is 6.94. The van der Waals surface area contributed by atoms with E-state index in [1.807, 2.05) is 6.92 Å². The van der Waals surface area contributed by atoms with Crippen molar-refractivity contribution in [3.8, 4) is 11.5 Å². The Bertz CT molecular complexity index is 1210. The fourth-order valence-corrected chi connectivity index (χ4v) is 3.00. The van der Waals surface area contributed by atoms with Gasteiger partial charge < -0.3 is 14.8 Å². The van der Waals surface area contributed by atoms with Crippen LogP contribution in [0.25, 0.3) is 0 Å². The van der Waals surface area contributed by atoms with Gasteiger partial charge in [-0.05, 0) is 80.1 Å². The molecular weight excluding hydrogens is 458 g/mol. The van der Waals surface area contributed by atoms with Crippen LogP contribution in [0.1, 0.15) is 29.8 Å². The van der Waals surface area contributed by atoms with Crippen LogP contribution in [-0.4, -0.2) is 30.1 Å². The van der Waals surface area contributed by atoms with Crippen LogP contribution >= 0.6 is 11.6 Å². The van der Waals surface area contributed by atoms with Gasteiger partial charge in [-0.3, -0.25) is 9.59 Å². The first-order valence-corrected chi connectivity index (χ1v) is 10.7. The summed E-state index contributed by atoms with van der Waals surface area (Å²) in [6.07, 6.45) is 0. The molecule has 3 aromatic carbocycles. The van der Waals surface area contributed by atoms with E-state index in [1.165, 1.54) is 0 Å². The van der Waals surface area contributed by atoms with Crippen LogP contribution in [-0.2, 0) is 9.59 Å². The molecule has 0 aliphatic heterocycles. The standard InChI is InChI=1S/C25H22ClN3O5/c1-3-33-19-14-10-18(11-15-19)27-23(30)24(31)29-28-16(2)17-8-12-20(13-9-17)34-25(32)21-6-4-5-7-22(21)26/h4-15H,3H2,1-2H3,(H,27,30)(H,29,31). The number of ether oxygens (including phenoxy) is 2. The van der Waals surface area contributed by atoms with E-state index in [0.29, 0.717) is 40.1 Å². The highest BCUT2D eigenvalue weighted by Gasteiger charge is 2.14. The van der Waals surface area contributed by atoms with Gasteiger partial charge in [-0.25, -0.2) is 10.2 Å². The van der Waals surface area contributed by atoms with Crippen LogP contribution in [0.3, 0.4) is 0 Å². The van der Waals surface area contributed by atoms with Gasteiger partial charge in [0, 0.05) is 5.69 Å². The SMILES string of the molecule is CCOc1ccc(NC(=O)C(=O)NN=C(C)c2ccc(OC(=O)c3ccccc3Cl)cc2)cc1. The summed E-state index contributed by atoms with van der Waals surface area (Å²) in [5.74, 6) is -1.37. The summed E-state index contributed by atoms with van der Waals surface area (Å²) in [6, 6.07) is 19.7. The Morgan fingerprint density at radius 3 is 2.18 bits per heavy atom. The summed E-state index contributed by atoms with van der Waals surface area (Å²) in [5, 5.41) is 6.74. The summed E-state index contributed by atoms with van der Waals surface area (Å²) >= 11 is 6.01. The molecule has 0 saturated carbocycles. The molecule has 0 unspecified atom stereocenters. The molecule has 34 heavy (non-hydrogen) atoms. The van der Waals surface area contributed by atoms with E-state index in [4.69, 9.17) is 21.1 Å². The maximum absolute atomic E-state index is 12.2. The number of nitrogens with zero attached hydrogens (tertiary/aromatic N) is 1. The maximum Gasteiger partial charge on any atom is 0.345 e. The van der Waals surface area contributed by atoms with E-state index in [9.17, 15) is 14.4 Å². The van der Waals surface area contributed by atoms with Crippen molar-refractivity contribution in [3.63, 3.8) is 0 Å². The first kappa shape index (κ1) is 24.5. The molecule has 0 spiro atoms. The zero-order valence-electron chi connectivity index (χ0n) is 18.5. The minimum Gasteiger partial charge on any atom is -0.494 e. The van der Waals surface area contributed by atoms with Crippen molar-refractivity contribution in [2.24, 2.45) is 5.10 Å². The number of halogens is 1. The first-order chi connectivity index (χ1) is 16.4. The topological polar surface area (TPSA) is 106 Å². The molecule has 0 atom stereocenters. The smallest absolute Gasteiger partial charge is 0.345 e. The summed E-state index contributed by atoms with van der Waals surface area (Å²) in [4.78, 5) is 36.4. The Morgan fingerprint density at radius 2 is 1.53 bits per heavy atom. The van der Waals surface area contributed by atoms with Crippen molar-refractivity contribution >= 4 is 40.8 Å². The Labute approximate surface area is 201 Å². The second kappa shape index (κ2) is 11.6. The number of nitrogens with one attached hydrogen (secondary N) is 2. The highest BCUT2D eigenvalue weighted by Crippen LogP contribution is 2.19. The van der Waals surface area contributed by atoms with E-state index < -0.39 is 17.8 Å². The average Bonchev–Trinajstić information content (AvgIpc) is 2.84. The number of hydrazone groups is 1. The predicted molar refractivity (Wildman–Crippen MR) is 129 cm³/mol. The van der Waals surface area contributed by atoms with Crippen LogP contribution in [0.5, 0.6) is 11.5 Å². The Balaban J connectivity index is 1.55. The van der Waals surface area contributed by atoms with Gasteiger partial charge in [0.2, 0.25) is 0 Å². The zero-order valence-corrected chi connectivity index (χ0v) is 19.3. The Hall–Kier alpha value is -4.17. The summed E-state index contributed by atoms with van der Waals surface area (Å²) in [7, 11) is 0. The van der Waals surface area contributed by atoms with E-state index in [-0.39, 0.29) is 5.56 Å². The monoisotopic (exact) mass is 479 g/mol. The molecule has 3 aromatic rings. The number of carbonyl (C=O) groups excluding carboxylic acids is 3. The molecule has 8 nitrogen and oxygen atoms in total. The molecule has 174 valence electrons. The number of rotatable bonds is 7. The highest BCUT2D eigenvalue weighted by molar-refractivity contribution is 6.39. The molecular formula is C25H22ClN3O5. The first-order valence-electron chi connectivity index (χ1n) is 10.3. The van der Waals surface area contributed by atoms with Crippen molar-refractivity contribution in [2.75, 3.05) is 11.9 Å². The van der Waals surface area contributed by atoms with Crippen molar-refractivity contribution in [2.45, 2.75) is 13.8 Å². The lowest BCUT2D eigenvalue weighted by Crippen LogP contribution is -2.32. The maximum atomic E-state index is 12.2. The molecule has 0 aliphatic carbocycles. The lowest BCUT2D eigenvalue weighted by molar-refractivity contribution is -0.136. The van der Waals surface area contributed by atoms with E-state index in [1.54, 1.807) is 79.7 Å². The molecule has 2 amide bonds. The van der Waals surface area contributed by atoms with Gasteiger partial charge in [-0.2, -0.15) is 5.10 Å². The van der Waals surface area contributed by atoms with Crippen LogP contribution < -0.4 is 20.2 Å². The van der Waals surface area contributed by atoms with Gasteiger partial charge in [0.05, 0.1) is 22.9 Å². The largest absolute Gasteiger partial charge is 0.494 e. The van der Waals surface area contributed by atoms with Crippen LogP contribution in [0.4, 0.5) is 5.69 Å². The predicted octanol–water partition coefficient (Wildman–Crippen LogP) is 4.44. The number of hydrogen-bond donors (Lipinski definition) is 2. The highest BCUT2D eigenvalue weighted by atomic mass is 35.5. The quantitative estimate of drug-likeness (QED) is 0.171. The van der Waals surface area contributed by atoms with Gasteiger partial charge in [-0.1, -0.05) is 23.7 Å². The van der Waals surface area contributed by atoms with E-state index in [2.05, 4.69) is 15.8 Å². The minimum absolute atomic E-state index is 0.261. The van der Waals surface area contributed by atoms with Gasteiger partial charge >= 0.3 is 17.8 Å². The van der Waals surface area contributed by atoms with Crippen molar-refractivity contribution in [3.05, 3.63) is 88.9 Å². The third-order valence-electron chi connectivity index (χ3n) is 4.53. The Morgan fingerprint density at radius 1 is 0.882 bits per heavy atom. The zero-order chi connectivity index (χ0) is 24.5. The summed E-state index contributed by atoms with van der Waals surface area (Å²) < 4.78 is 10.7. The number of carbonyl (C=O) groups is 3. The van der Waals surface area contributed by atoms with Crippen molar-refractivity contribution in [1.82, 2.24) is 5.43 Å². The molecule has 0 fully saturated rings. The van der Waals surface area contributed by atoms with Gasteiger partial charge in [0.1, 0.15) is 11.5 Å². The van der Waals surface area contributed by atoms with Gasteiger partial charge in [-0.15, -0.1) is 0 Å². The normalized spacial score (nSPS) is 10.9. The number of amides is 2. The molecule has 0 aliphatic rings. The van der Waals surface area contributed by atoms with Crippen LogP contribution in [0.15, 0.2) is 77.9 Å². The Kier molecular flexibility index (Phi) is 8.37. The number of benzene rings is 3. The molecule has 0 radical (unpaired) electrons. The van der Waals surface area contributed by atoms with Crippen LogP contribution in [0.2, 0.25) is 5.02 Å².